The van der Waals surface area contributed by atoms with Gasteiger partial charge in [0, 0.05) is 31.9 Å². The van der Waals surface area contributed by atoms with Gasteiger partial charge < -0.3 is 10.2 Å². The Balaban J connectivity index is 1.33. The number of aryl methyl sites for hydroxylation is 1. The zero-order chi connectivity index (χ0) is 17.9. The first-order valence-electron chi connectivity index (χ1n) is 8.87. The summed E-state index contributed by atoms with van der Waals surface area (Å²) in [5.41, 5.74) is 3.21. The number of anilines is 2. The lowest BCUT2D eigenvalue weighted by Gasteiger charge is -2.34. The summed E-state index contributed by atoms with van der Waals surface area (Å²) in [5, 5.41) is 4.04. The highest BCUT2D eigenvalue weighted by atomic mass is 32.1. The van der Waals surface area contributed by atoms with Crippen LogP contribution in [0.1, 0.15) is 5.56 Å². The zero-order valence-electron chi connectivity index (χ0n) is 14.8. The number of thiazole rings is 1. The molecule has 1 aromatic heterocycles. The van der Waals surface area contributed by atoms with Gasteiger partial charge in [-0.15, -0.1) is 0 Å². The molecule has 4 rings (SSSR count). The maximum atomic E-state index is 12.2. The van der Waals surface area contributed by atoms with Crippen LogP contribution in [0.15, 0.2) is 48.5 Å². The van der Waals surface area contributed by atoms with Crippen LogP contribution in [-0.4, -0.2) is 48.5 Å². The smallest absolute Gasteiger partial charge is 0.238 e. The van der Waals surface area contributed by atoms with Gasteiger partial charge in [0.05, 0.1) is 16.8 Å². The summed E-state index contributed by atoms with van der Waals surface area (Å²) in [6.45, 7) is 6.11. The molecule has 2 aromatic carbocycles. The minimum atomic E-state index is 0.0419. The number of benzene rings is 2. The maximum absolute atomic E-state index is 12.2. The summed E-state index contributed by atoms with van der Waals surface area (Å²) >= 11 is 1.76. The minimum absolute atomic E-state index is 0.0419. The van der Waals surface area contributed by atoms with Crippen LogP contribution in [0.2, 0.25) is 0 Å². The first-order chi connectivity index (χ1) is 12.7. The van der Waals surface area contributed by atoms with Gasteiger partial charge >= 0.3 is 0 Å². The van der Waals surface area contributed by atoms with Crippen molar-refractivity contribution >= 4 is 38.3 Å². The second kappa shape index (κ2) is 7.43. The molecule has 1 fully saturated rings. The maximum Gasteiger partial charge on any atom is 0.238 e. The van der Waals surface area contributed by atoms with Crippen LogP contribution < -0.4 is 10.2 Å². The average molecular weight is 366 g/mol. The number of amides is 1. The first-order valence-corrected chi connectivity index (χ1v) is 9.69. The highest BCUT2D eigenvalue weighted by Crippen LogP contribution is 2.31. The molecule has 0 atom stereocenters. The van der Waals surface area contributed by atoms with Gasteiger partial charge in [0.25, 0.3) is 0 Å². The monoisotopic (exact) mass is 366 g/mol. The van der Waals surface area contributed by atoms with Crippen molar-refractivity contribution in [2.75, 3.05) is 42.9 Å². The van der Waals surface area contributed by atoms with Gasteiger partial charge in [0.15, 0.2) is 5.13 Å². The molecular weight excluding hydrogens is 344 g/mol. The van der Waals surface area contributed by atoms with E-state index in [2.05, 4.69) is 40.2 Å². The van der Waals surface area contributed by atoms with E-state index in [1.165, 1.54) is 10.3 Å². The van der Waals surface area contributed by atoms with E-state index >= 15 is 0 Å². The van der Waals surface area contributed by atoms with Gasteiger partial charge in [-0.2, -0.15) is 0 Å². The Morgan fingerprint density at radius 1 is 1.08 bits per heavy atom. The Hall–Kier alpha value is -2.44. The van der Waals surface area contributed by atoms with Crippen LogP contribution in [0.3, 0.4) is 0 Å². The van der Waals surface area contributed by atoms with Crippen LogP contribution in [0, 0.1) is 6.92 Å². The molecule has 5 nitrogen and oxygen atoms in total. The first kappa shape index (κ1) is 17.0. The van der Waals surface area contributed by atoms with Crippen molar-refractivity contribution in [2.45, 2.75) is 6.92 Å². The number of piperazine rings is 1. The molecule has 1 aliphatic rings. The number of nitrogens with one attached hydrogen (secondary N) is 1. The predicted octanol–water partition coefficient (Wildman–Crippen LogP) is 3.37. The molecule has 26 heavy (non-hydrogen) atoms. The molecule has 0 bridgehead atoms. The SMILES string of the molecule is Cc1cccc2nc(N3CCN(CC(=O)Nc4ccccc4)CC3)sc12. The molecule has 0 unspecified atom stereocenters. The fraction of sp³-hybridized carbons (Fsp3) is 0.300. The van der Waals surface area contributed by atoms with Crippen molar-refractivity contribution in [2.24, 2.45) is 0 Å². The molecule has 0 spiro atoms. The van der Waals surface area contributed by atoms with Crippen molar-refractivity contribution in [1.82, 2.24) is 9.88 Å². The van der Waals surface area contributed by atoms with Crippen LogP contribution >= 0.6 is 11.3 Å². The van der Waals surface area contributed by atoms with Gasteiger partial charge in [-0.25, -0.2) is 4.98 Å². The number of para-hydroxylation sites is 1. The van der Waals surface area contributed by atoms with E-state index in [1.807, 2.05) is 30.3 Å². The zero-order valence-corrected chi connectivity index (χ0v) is 15.6. The van der Waals surface area contributed by atoms with E-state index in [9.17, 15) is 4.79 Å². The van der Waals surface area contributed by atoms with E-state index < -0.39 is 0 Å². The van der Waals surface area contributed by atoms with Gasteiger partial charge in [-0.3, -0.25) is 9.69 Å². The van der Waals surface area contributed by atoms with Crippen molar-refractivity contribution in [3.8, 4) is 0 Å². The van der Waals surface area contributed by atoms with E-state index in [-0.39, 0.29) is 5.91 Å². The highest BCUT2D eigenvalue weighted by Gasteiger charge is 2.21. The van der Waals surface area contributed by atoms with E-state index in [0.29, 0.717) is 6.54 Å². The Kier molecular flexibility index (Phi) is 4.86. The second-order valence-electron chi connectivity index (χ2n) is 6.60. The second-order valence-corrected chi connectivity index (χ2v) is 7.57. The van der Waals surface area contributed by atoms with Crippen molar-refractivity contribution in [3.63, 3.8) is 0 Å². The third-order valence-electron chi connectivity index (χ3n) is 4.67. The summed E-state index contributed by atoms with van der Waals surface area (Å²) in [5.74, 6) is 0.0419. The molecule has 3 aromatic rings. The summed E-state index contributed by atoms with van der Waals surface area (Å²) in [4.78, 5) is 21.5. The number of rotatable bonds is 4. The van der Waals surface area contributed by atoms with Gasteiger partial charge in [-0.1, -0.05) is 41.7 Å². The number of carbonyl (C=O) groups is 1. The molecule has 2 heterocycles. The van der Waals surface area contributed by atoms with Crippen molar-refractivity contribution in [1.29, 1.82) is 0 Å². The number of hydrogen-bond donors (Lipinski definition) is 1. The summed E-state index contributed by atoms with van der Waals surface area (Å²) in [6, 6.07) is 15.9. The third kappa shape index (κ3) is 3.71. The number of nitrogens with zero attached hydrogens (tertiary/aromatic N) is 3. The van der Waals surface area contributed by atoms with E-state index in [4.69, 9.17) is 4.98 Å². The molecule has 0 saturated carbocycles. The molecule has 0 radical (unpaired) electrons. The number of aromatic nitrogens is 1. The summed E-state index contributed by atoms with van der Waals surface area (Å²) in [6.07, 6.45) is 0. The van der Waals surface area contributed by atoms with Gasteiger partial charge in [0.1, 0.15) is 0 Å². The number of carbonyl (C=O) groups excluding carboxylic acids is 1. The van der Waals surface area contributed by atoms with Crippen LogP contribution in [0.5, 0.6) is 0 Å². The Bertz CT molecular complexity index is 901. The normalized spacial score (nSPS) is 15.3. The molecule has 1 saturated heterocycles. The topological polar surface area (TPSA) is 48.5 Å². The summed E-state index contributed by atoms with van der Waals surface area (Å²) < 4.78 is 1.27. The molecule has 0 aliphatic carbocycles. The lowest BCUT2D eigenvalue weighted by Crippen LogP contribution is -2.48. The predicted molar refractivity (Wildman–Crippen MR) is 108 cm³/mol. The Morgan fingerprint density at radius 3 is 2.58 bits per heavy atom. The minimum Gasteiger partial charge on any atom is -0.345 e. The lowest BCUT2D eigenvalue weighted by molar-refractivity contribution is -0.117. The lowest BCUT2D eigenvalue weighted by atomic mass is 10.2. The van der Waals surface area contributed by atoms with Gasteiger partial charge in [0.2, 0.25) is 5.91 Å². The molecular formula is C20H22N4OS. The van der Waals surface area contributed by atoms with Crippen LogP contribution in [-0.2, 0) is 4.79 Å². The average Bonchev–Trinajstić information content (AvgIpc) is 3.09. The molecule has 1 N–H and O–H groups in total. The number of fused-ring (bicyclic) bond motifs is 1. The molecule has 1 amide bonds. The standard InChI is InChI=1S/C20H22N4OS/c1-15-6-5-9-17-19(15)26-20(22-17)24-12-10-23(11-13-24)14-18(25)21-16-7-3-2-4-8-16/h2-9H,10-14H2,1H3,(H,21,25). The molecule has 1 aliphatic heterocycles. The highest BCUT2D eigenvalue weighted by molar-refractivity contribution is 7.22. The van der Waals surface area contributed by atoms with E-state index in [1.54, 1.807) is 11.3 Å². The fourth-order valence-electron chi connectivity index (χ4n) is 3.23. The Labute approximate surface area is 157 Å². The van der Waals surface area contributed by atoms with Gasteiger partial charge in [-0.05, 0) is 30.7 Å². The van der Waals surface area contributed by atoms with Crippen LogP contribution in [0.4, 0.5) is 10.8 Å². The van der Waals surface area contributed by atoms with Crippen LogP contribution in [0.25, 0.3) is 10.2 Å². The quantitative estimate of drug-likeness (QED) is 0.769. The molecule has 6 heteroatoms. The summed E-state index contributed by atoms with van der Waals surface area (Å²) in [7, 11) is 0. The number of hydrogen-bond acceptors (Lipinski definition) is 5. The van der Waals surface area contributed by atoms with E-state index in [0.717, 1.165) is 42.5 Å². The molecule has 134 valence electrons. The fourth-order valence-corrected chi connectivity index (χ4v) is 4.32. The Morgan fingerprint density at radius 2 is 1.85 bits per heavy atom. The van der Waals surface area contributed by atoms with Crippen molar-refractivity contribution < 1.29 is 4.79 Å². The third-order valence-corrected chi connectivity index (χ3v) is 5.94. The van der Waals surface area contributed by atoms with Crippen molar-refractivity contribution in [3.05, 3.63) is 54.1 Å². The largest absolute Gasteiger partial charge is 0.345 e.